The summed E-state index contributed by atoms with van der Waals surface area (Å²) in [6.07, 6.45) is 8.27. The third-order valence-corrected chi connectivity index (χ3v) is 15.7. The van der Waals surface area contributed by atoms with Gasteiger partial charge in [-0.25, -0.2) is 25.9 Å². The van der Waals surface area contributed by atoms with E-state index in [1.54, 1.807) is 9.03 Å². The Morgan fingerprint density at radius 3 is 1.69 bits per heavy atom. The number of sulfonamides is 2. The first-order valence-corrected chi connectivity index (χ1v) is 25.5. The highest BCUT2D eigenvalue weighted by atomic mass is 32.2. The Morgan fingerprint density at radius 1 is 0.672 bits per heavy atom. The molecule has 0 spiro atoms. The summed E-state index contributed by atoms with van der Waals surface area (Å²) in [5.74, 6) is 0.294. The number of hydrogen-bond donors (Lipinski definition) is 2. The van der Waals surface area contributed by atoms with Gasteiger partial charge in [0.15, 0.2) is 11.6 Å². The maximum atomic E-state index is 13.7. The zero-order chi connectivity index (χ0) is 44.8. The highest BCUT2D eigenvalue weighted by molar-refractivity contribution is 7.88. The van der Waals surface area contributed by atoms with Gasteiger partial charge in [-0.15, -0.1) is 0 Å². The highest BCUT2D eigenvalue weighted by Gasteiger charge is 2.51. The molecule has 6 heterocycles. The maximum absolute atomic E-state index is 13.7. The Kier molecular flexibility index (Phi) is 11.9. The number of piperazine rings is 2. The summed E-state index contributed by atoms with van der Waals surface area (Å²) in [6, 6.07) is 28.5. The quantitative estimate of drug-likeness (QED) is 0.154. The zero-order valence-corrected chi connectivity index (χ0v) is 38.0. The third-order valence-electron chi connectivity index (χ3n) is 13.1. The normalized spacial score (nSPS) is 18.3. The molecule has 4 aromatic heterocycles. The van der Waals surface area contributed by atoms with Gasteiger partial charge >= 0.3 is 0 Å². The second kappa shape index (κ2) is 17.5. The second-order valence-electron chi connectivity index (χ2n) is 17.5. The van der Waals surface area contributed by atoms with Crippen LogP contribution in [0.25, 0.3) is 33.3 Å². The van der Waals surface area contributed by atoms with Gasteiger partial charge < -0.3 is 15.5 Å². The molecule has 3 fully saturated rings. The molecule has 2 amide bonds. The van der Waals surface area contributed by atoms with Gasteiger partial charge in [0.2, 0.25) is 31.9 Å². The summed E-state index contributed by atoms with van der Waals surface area (Å²) in [5.41, 5.74) is 7.13. The topological polar surface area (TPSA) is 174 Å². The van der Waals surface area contributed by atoms with Crippen molar-refractivity contribution in [2.24, 2.45) is 5.41 Å². The number of pyridine rings is 2. The van der Waals surface area contributed by atoms with Crippen molar-refractivity contribution in [2.45, 2.75) is 38.6 Å². The Morgan fingerprint density at radius 2 is 1.17 bits per heavy atom. The molecule has 0 bridgehead atoms. The SMILES string of the molecule is CC(c1ccc(-c2cccn3nc(NC(=O)C4(CC(=O)Nc5cc6c(-c7ccc(CCN8CCN(S(C)(=O)=O)CC8)cc7)cccn6n5)CC4)cc23)cc1)N1CCN(S(C)(=O)=O)CC1. The minimum Gasteiger partial charge on any atom is -0.309 e. The predicted molar refractivity (Wildman–Crippen MR) is 248 cm³/mol. The molecular weight excluding hydrogens is 853 g/mol. The van der Waals surface area contributed by atoms with Gasteiger partial charge in [0, 0.05) is 107 Å². The van der Waals surface area contributed by atoms with Crippen molar-refractivity contribution >= 4 is 54.5 Å². The number of rotatable bonds is 14. The molecule has 2 aromatic carbocycles. The van der Waals surface area contributed by atoms with Crippen LogP contribution in [-0.2, 0) is 36.1 Å². The fourth-order valence-corrected chi connectivity index (χ4v) is 10.7. The minimum absolute atomic E-state index is 0.0190. The molecule has 16 nitrogen and oxygen atoms in total. The number of nitrogens with one attached hydrogen (secondary N) is 2. The molecule has 2 saturated heterocycles. The number of carbonyl (C=O) groups excluding carboxylic acids is 2. The lowest BCUT2D eigenvalue weighted by molar-refractivity contribution is -0.126. The molecule has 336 valence electrons. The lowest BCUT2D eigenvalue weighted by Crippen LogP contribution is -2.48. The lowest BCUT2D eigenvalue weighted by atomic mass is 10.00. The van der Waals surface area contributed by atoms with Gasteiger partial charge in [0.05, 0.1) is 29.0 Å². The first-order chi connectivity index (χ1) is 30.6. The van der Waals surface area contributed by atoms with Crippen LogP contribution in [0.1, 0.15) is 43.4 Å². The number of aromatic nitrogens is 4. The Balaban J connectivity index is 0.801. The van der Waals surface area contributed by atoms with Gasteiger partial charge in [-0.05, 0) is 60.6 Å². The summed E-state index contributed by atoms with van der Waals surface area (Å²) in [5, 5.41) is 15.2. The standard InChI is InChI=1S/C46H54N10O6S2/c1-33(52-24-28-54(29-25-52)64(3,61)62)35-12-14-37(15-13-35)39-7-5-20-56-41(39)31-43(50-56)48-45(58)46(17-18-46)32-44(57)47-42-30-40-38(6-4-19-55(40)49-42)36-10-8-34(9-11-36)16-21-51-22-26-53(27-23-51)63(2,59)60/h4-15,19-20,30-31,33H,16-18,21-29,32H2,1-3H3,(H,47,49,57)(H,48,50,58). The van der Waals surface area contributed by atoms with Gasteiger partial charge in [-0.3, -0.25) is 14.5 Å². The van der Waals surface area contributed by atoms with E-state index in [1.165, 1.54) is 26.7 Å². The molecule has 6 aromatic rings. The maximum Gasteiger partial charge on any atom is 0.232 e. The lowest BCUT2D eigenvalue weighted by Gasteiger charge is -2.37. The van der Waals surface area contributed by atoms with Crippen molar-refractivity contribution in [3.05, 3.63) is 108 Å². The molecule has 64 heavy (non-hydrogen) atoms. The molecule has 1 atom stereocenters. The summed E-state index contributed by atoms with van der Waals surface area (Å²) < 4.78 is 54.2. The number of carbonyl (C=O) groups is 2. The van der Waals surface area contributed by atoms with Crippen LogP contribution in [0, 0.1) is 5.41 Å². The van der Waals surface area contributed by atoms with Crippen molar-refractivity contribution in [3.63, 3.8) is 0 Å². The molecule has 3 aliphatic rings. The average molecular weight is 907 g/mol. The number of amides is 2. The Bertz CT molecular complexity index is 2910. The number of nitrogens with zero attached hydrogens (tertiary/aromatic N) is 8. The van der Waals surface area contributed by atoms with Crippen LogP contribution >= 0.6 is 0 Å². The average Bonchev–Trinajstić information content (AvgIpc) is 3.75. The smallest absolute Gasteiger partial charge is 0.232 e. The van der Waals surface area contributed by atoms with Gasteiger partial charge in [0.25, 0.3) is 0 Å². The van der Waals surface area contributed by atoms with Crippen molar-refractivity contribution in [3.8, 4) is 22.3 Å². The van der Waals surface area contributed by atoms with E-state index in [-0.39, 0.29) is 24.3 Å². The second-order valence-corrected chi connectivity index (χ2v) is 21.4. The molecular formula is C46H54N10O6S2. The molecule has 1 saturated carbocycles. The number of hydrogen-bond acceptors (Lipinski definition) is 10. The van der Waals surface area contributed by atoms with Gasteiger partial charge in [-0.2, -0.15) is 18.8 Å². The Labute approximate surface area is 373 Å². The van der Waals surface area contributed by atoms with Crippen molar-refractivity contribution < 1.29 is 26.4 Å². The monoisotopic (exact) mass is 906 g/mol. The zero-order valence-electron chi connectivity index (χ0n) is 36.4. The van der Waals surface area contributed by atoms with E-state index in [0.717, 1.165) is 64.9 Å². The van der Waals surface area contributed by atoms with Crippen LogP contribution in [0.3, 0.4) is 0 Å². The summed E-state index contributed by atoms with van der Waals surface area (Å²) >= 11 is 0. The minimum atomic E-state index is -3.19. The van der Waals surface area contributed by atoms with Crippen LogP contribution < -0.4 is 10.6 Å². The van der Waals surface area contributed by atoms with E-state index in [2.05, 4.69) is 86.1 Å². The summed E-state index contributed by atoms with van der Waals surface area (Å²) in [4.78, 5) is 31.8. The van der Waals surface area contributed by atoms with Crippen molar-refractivity contribution in [2.75, 3.05) is 82.0 Å². The highest BCUT2D eigenvalue weighted by Crippen LogP contribution is 2.50. The molecule has 2 aliphatic heterocycles. The summed E-state index contributed by atoms with van der Waals surface area (Å²) in [6.45, 7) is 7.82. The third kappa shape index (κ3) is 9.48. The number of anilines is 2. The molecule has 1 aliphatic carbocycles. The molecule has 0 radical (unpaired) electrons. The van der Waals surface area contributed by atoms with E-state index in [0.29, 0.717) is 63.7 Å². The largest absolute Gasteiger partial charge is 0.309 e. The fourth-order valence-electron chi connectivity index (χ4n) is 9.02. The molecule has 2 N–H and O–H groups in total. The van der Waals surface area contributed by atoms with E-state index in [9.17, 15) is 26.4 Å². The van der Waals surface area contributed by atoms with Crippen LogP contribution in [0.2, 0.25) is 0 Å². The van der Waals surface area contributed by atoms with E-state index in [4.69, 9.17) is 0 Å². The molecule has 1 unspecified atom stereocenters. The fraction of sp³-hybridized carbons (Fsp3) is 0.391. The molecule has 18 heteroatoms. The number of fused-ring (bicyclic) bond motifs is 2. The van der Waals surface area contributed by atoms with Crippen LogP contribution in [0.15, 0.2) is 97.3 Å². The first kappa shape index (κ1) is 43.7. The van der Waals surface area contributed by atoms with Crippen LogP contribution in [0.4, 0.5) is 11.6 Å². The van der Waals surface area contributed by atoms with Crippen LogP contribution in [-0.4, -0.2) is 138 Å². The molecule has 9 rings (SSSR count). The first-order valence-electron chi connectivity index (χ1n) is 21.8. The van der Waals surface area contributed by atoms with Gasteiger partial charge in [0.1, 0.15) is 0 Å². The van der Waals surface area contributed by atoms with E-state index in [1.807, 2.05) is 48.8 Å². The predicted octanol–water partition coefficient (Wildman–Crippen LogP) is 4.82. The van der Waals surface area contributed by atoms with E-state index < -0.39 is 25.5 Å². The van der Waals surface area contributed by atoms with E-state index >= 15 is 0 Å². The number of benzene rings is 2. The van der Waals surface area contributed by atoms with Crippen LogP contribution in [0.5, 0.6) is 0 Å². The Hall–Kier alpha value is -5.50. The summed E-state index contributed by atoms with van der Waals surface area (Å²) in [7, 11) is -6.34. The van der Waals surface area contributed by atoms with Gasteiger partial charge in [-0.1, -0.05) is 60.7 Å². The van der Waals surface area contributed by atoms with Crippen molar-refractivity contribution in [1.29, 1.82) is 0 Å². The van der Waals surface area contributed by atoms with Crippen molar-refractivity contribution in [1.82, 2.24) is 37.6 Å².